The van der Waals surface area contributed by atoms with Crippen molar-refractivity contribution in [2.24, 2.45) is 0 Å². The molecule has 1 aromatic heterocycles. The van der Waals surface area contributed by atoms with E-state index in [9.17, 15) is 21.6 Å². The van der Waals surface area contributed by atoms with Crippen molar-refractivity contribution in [1.29, 1.82) is 0 Å². The smallest absolute Gasteiger partial charge is 0.265 e. The van der Waals surface area contributed by atoms with Gasteiger partial charge >= 0.3 is 0 Å². The summed E-state index contributed by atoms with van der Waals surface area (Å²) in [6.07, 6.45) is -1.32. The third-order valence-electron chi connectivity index (χ3n) is 3.76. The van der Waals surface area contributed by atoms with E-state index in [0.717, 1.165) is 0 Å². The molecule has 1 heterocycles. The molecule has 0 atom stereocenters. The van der Waals surface area contributed by atoms with Gasteiger partial charge in [-0.3, -0.25) is 0 Å². The molecule has 0 radical (unpaired) electrons. The van der Waals surface area contributed by atoms with Crippen molar-refractivity contribution >= 4 is 10.7 Å². The lowest BCUT2D eigenvalue weighted by molar-refractivity contribution is 0.151. The van der Waals surface area contributed by atoms with Crippen LogP contribution in [0.25, 0.3) is 16.9 Å². The maximum absolute atomic E-state index is 13.1. The van der Waals surface area contributed by atoms with Gasteiger partial charge in [-0.1, -0.05) is 24.3 Å². The van der Waals surface area contributed by atoms with Crippen LogP contribution in [0.1, 0.15) is 17.6 Å². The van der Waals surface area contributed by atoms with Crippen molar-refractivity contribution in [3.63, 3.8) is 0 Å². The molecular formula is C18H14F3NO2S. The predicted octanol–water partition coefficient (Wildman–Crippen LogP) is 4.33. The van der Waals surface area contributed by atoms with E-state index in [1.807, 2.05) is 0 Å². The molecule has 0 unspecified atom stereocenters. The van der Waals surface area contributed by atoms with Crippen molar-refractivity contribution in [3.8, 4) is 16.9 Å². The zero-order valence-electron chi connectivity index (χ0n) is 12.9. The van der Waals surface area contributed by atoms with Gasteiger partial charge in [0.05, 0.1) is 11.4 Å². The number of nitrogens with zero attached hydrogens (tertiary/aromatic N) is 1. The van der Waals surface area contributed by atoms with E-state index >= 15 is 0 Å². The molecule has 3 aromatic rings. The van der Waals surface area contributed by atoms with Crippen molar-refractivity contribution in [2.75, 3.05) is 0 Å². The van der Waals surface area contributed by atoms with E-state index in [2.05, 4.69) is 0 Å². The van der Waals surface area contributed by atoms with Crippen LogP contribution in [0.2, 0.25) is 0 Å². The lowest BCUT2D eigenvalue weighted by Gasteiger charge is -2.10. The minimum absolute atomic E-state index is 0.0725. The molecule has 3 rings (SSSR count). The fourth-order valence-corrected chi connectivity index (χ4v) is 3.08. The highest BCUT2D eigenvalue weighted by molar-refractivity contribution is 7.71. The lowest BCUT2D eigenvalue weighted by atomic mass is 10.1. The van der Waals surface area contributed by atoms with Crippen LogP contribution in [-0.4, -0.2) is 13.0 Å². The van der Waals surface area contributed by atoms with Gasteiger partial charge in [-0.05, 0) is 41.5 Å². The Hall–Kier alpha value is -2.54. The Bertz CT molecular complexity index is 937. The number of hydrogen-bond acceptors (Lipinski definition) is 2. The van der Waals surface area contributed by atoms with Crippen LogP contribution in [0, 0.1) is 5.82 Å². The molecule has 0 fully saturated rings. The molecule has 0 aliphatic rings. The second-order valence-electron chi connectivity index (χ2n) is 5.49. The standard InChI is InChI=1S/C18H14F3NO2S/c19-15-5-7-16(8-6-15)22-10-14(18(20)21)9-17(22)13-3-1-12(2-4-13)11-25(23)24/h1-10,18,25H,11H2. The van der Waals surface area contributed by atoms with Crippen LogP contribution in [0.3, 0.4) is 0 Å². The Morgan fingerprint density at radius 3 is 2.16 bits per heavy atom. The van der Waals surface area contributed by atoms with Gasteiger partial charge in [0.1, 0.15) is 16.5 Å². The number of alkyl halides is 2. The Labute approximate surface area is 144 Å². The molecule has 0 spiro atoms. The Morgan fingerprint density at radius 2 is 1.60 bits per heavy atom. The van der Waals surface area contributed by atoms with Gasteiger partial charge in [-0.15, -0.1) is 0 Å². The molecule has 0 N–H and O–H groups in total. The number of hydrogen-bond donors (Lipinski definition) is 1. The Kier molecular flexibility index (Phi) is 4.94. The van der Waals surface area contributed by atoms with E-state index in [1.54, 1.807) is 28.8 Å². The highest BCUT2D eigenvalue weighted by Gasteiger charge is 2.16. The van der Waals surface area contributed by atoms with E-state index in [0.29, 0.717) is 22.5 Å². The van der Waals surface area contributed by atoms with Crippen molar-refractivity contribution in [3.05, 3.63) is 77.7 Å². The van der Waals surface area contributed by atoms with Gasteiger partial charge in [-0.25, -0.2) is 21.6 Å². The van der Waals surface area contributed by atoms with E-state index < -0.39 is 22.9 Å². The molecule has 0 saturated heterocycles. The monoisotopic (exact) mass is 365 g/mol. The van der Waals surface area contributed by atoms with Crippen molar-refractivity contribution < 1.29 is 21.6 Å². The van der Waals surface area contributed by atoms with Gasteiger partial charge in [0, 0.05) is 17.4 Å². The first-order valence-electron chi connectivity index (χ1n) is 7.41. The fourth-order valence-electron chi connectivity index (χ4n) is 2.57. The van der Waals surface area contributed by atoms with Crippen LogP contribution in [0.4, 0.5) is 13.2 Å². The quantitative estimate of drug-likeness (QED) is 0.684. The summed E-state index contributed by atoms with van der Waals surface area (Å²) in [5.41, 5.74) is 2.19. The number of halogens is 3. The van der Waals surface area contributed by atoms with Gasteiger partial charge < -0.3 is 4.57 Å². The first kappa shape index (κ1) is 17.3. The summed E-state index contributed by atoms with van der Waals surface area (Å²) in [4.78, 5) is 0. The topological polar surface area (TPSA) is 39.1 Å². The first-order valence-corrected chi connectivity index (χ1v) is 8.78. The molecule has 130 valence electrons. The molecule has 2 aromatic carbocycles. The normalized spacial score (nSPS) is 11.4. The highest BCUT2D eigenvalue weighted by atomic mass is 32.2. The van der Waals surface area contributed by atoms with Crippen LogP contribution in [0.15, 0.2) is 60.8 Å². The molecule has 25 heavy (non-hydrogen) atoms. The summed E-state index contributed by atoms with van der Waals surface area (Å²) in [5.74, 6) is -0.487. The second kappa shape index (κ2) is 7.14. The van der Waals surface area contributed by atoms with Crippen molar-refractivity contribution in [2.45, 2.75) is 12.2 Å². The van der Waals surface area contributed by atoms with Gasteiger partial charge in [-0.2, -0.15) is 0 Å². The zero-order valence-corrected chi connectivity index (χ0v) is 13.8. The number of rotatable bonds is 5. The number of aromatic nitrogens is 1. The van der Waals surface area contributed by atoms with Gasteiger partial charge in [0.15, 0.2) is 0 Å². The average molecular weight is 365 g/mol. The van der Waals surface area contributed by atoms with E-state index in [4.69, 9.17) is 0 Å². The highest BCUT2D eigenvalue weighted by Crippen LogP contribution is 2.31. The molecule has 3 nitrogen and oxygen atoms in total. The van der Waals surface area contributed by atoms with E-state index in [1.165, 1.54) is 36.5 Å². The fraction of sp³-hybridized carbons (Fsp3) is 0.111. The zero-order chi connectivity index (χ0) is 18.0. The summed E-state index contributed by atoms with van der Waals surface area (Å²) in [7, 11) is -2.53. The molecular weight excluding hydrogens is 351 g/mol. The summed E-state index contributed by atoms with van der Waals surface area (Å²) in [6.45, 7) is 0. The van der Waals surface area contributed by atoms with Gasteiger partial charge in [0.25, 0.3) is 6.43 Å². The molecule has 7 heteroatoms. The van der Waals surface area contributed by atoms with Crippen LogP contribution in [0.5, 0.6) is 0 Å². The van der Waals surface area contributed by atoms with E-state index in [-0.39, 0.29) is 11.3 Å². The Balaban J connectivity index is 2.06. The summed E-state index contributed by atoms with van der Waals surface area (Å²) < 4.78 is 62.5. The van der Waals surface area contributed by atoms with Crippen LogP contribution < -0.4 is 0 Å². The molecule has 0 aliphatic heterocycles. The van der Waals surface area contributed by atoms with Crippen LogP contribution >= 0.6 is 0 Å². The maximum atomic E-state index is 13.1. The molecule has 0 saturated carbocycles. The SMILES string of the molecule is O=[SH](=O)Cc1ccc(-c2cc(C(F)F)cn2-c2ccc(F)cc2)cc1. The number of thiol groups is 1. The summed E-state index contributed by atoms with van der Waals surface area (Å²) in [6, 6.07) is 13.5. The minimum atomic E-state index is -2.63. The first-order chi connectivity index (χ1) is 11.9. The largest absolute Gasteiger partial charge is 0.316 e. The van der Waals surface area contributed by atoms with Crippen LogP contribution in [-0.2, 0) is 16.5 Å². The maximum Gasteiger partial charge on any atom is 0.265 e. The molecule has 0 aliphatic carbocycles. The van der Waals surface area contributed by atoms with Crippen molar-refractivity contribution in [1.82, 2.24) is 4.57 Å². The van der Waals surface area contributed by atoms with Gasteiger partial charge in [0.2, 0.25) is 0 Å². The third kappa shape index (κ3) is 3.93. The number of benzene rings is 2. The predicted molar refractivity (Wildman–Crippen MR) is 90.1 cm³/mol. The molecule has 0 amide bonds. The Morgan fingerprint density at radius 1 is 0.960 bits per heavy atom. The minimum Gasteiger partial charge on any atom is -0.316 e. The molecule has 0 bridgehead atoms. The average Bonchev–Trinajstić information content (AvgIpc) is 3.01. The third-order valence-corrected chi connectivity index (χ3v) is 4.38. The summed E-state index contributed by atoms with van der Waals surface area (Å²) in [5, 5.41) is 0. The second-order valence-corrected chi connectivity index (χ2v) is 6.48. The lowest BCUT2D eigenvalue weighted by Crippen LogP contribution is -1.95. The summed E-state index contributed by atoms with van der Waals surface area (Å²) >= 11 is 0.